The molecule has 26 heavy (non-hydrogen) atoms. The second-order valence-corrected chi connectivity index (χ2v) is 6.83. The molecule has 2 aliphatic rings. The van der Waals surface area contributed by atoms with Gasteiger partial charge < -0.3 is 15.0 Å². The molecule has 2 aromatic rings. The molecule has 1 N–H and O–H groups in total. The molecule has 1 aliphatic carbocycles. The lowest BCUT2D eigenvalue weighted by Crippen LogP contribution is -2.37. The summed E-state index contributed by atoms with van der Waals surface area (Å²) in [6, 6.07) is 0. The van der Waals surface area contributed by atoms with E-state index in [-0.39, 0.29) is 11.8 Å². The predicted molar refractivity (Wildman–Crippen MR) is 97.4 cm³/mol. The number of carbonyl (C=O) groups excluding carboxylic acids is 1. The molecule has 0 atom stereocenters. The van der Waals surface area contributed by atoms with Crippen molar-refractivity contribution >= 4 is 17.3 Å². The summed E-state index contributed by atoms with van der Waals surface area (Å²) < 4.78 is 7.12. The van der Waals surface area contributed by atoms with E-state index in [1.807, 2.05) is 6.20 Å². The number of nitrogens with zero attached hydrogens (tertiary/aromatic N) is 5. The maximum absolute atomic E-state index is 12.4. The van der Waals surface area contributed by atoms with Gasteiger partial charge in [-0.1, -0.05) is 19.3 Å². The number of carbonyl (C=O) groups is 1. The Hall–Kier alpha value is -2.48. The first kappa shape index (κ1) is 17.0. The highest BCUT2D eigenvalue weighted by atomic mass is 16.5. The molecule has 0 bridgehead atoms. The van der Waals surface area contributed by atoms with Crippen molar-refractivity contribution in [1.82, 2.24) is 19.7 Å². The first-order valence-electron chi connectivity index (χ1n) is 9.30. The van der Waals surface area contributed by atoms with E-state index in [9.17, 15) is 4.79 Å². The van der Waals surface area contributed by atoms with Crippen LogP contribution in [-0.2, 0) is 9.53 Å². The lowest BCUT2D eigenvalue weighted by Gasteiger charge is -2.29. The molecule has 3 heterocycles. The number of anilines is 2. The van der Waals surface area contributed by atoms with Gasteiger partial charge in [0.05, 0.1) is 37.5 Å². The summed E-state index contributed by atoms with van der Waals surface area (Å²) in [5.41, 5.74) is 1.62. The Morgan fingerprint density at radius 2 is 1.96 bits per heavy atom. The van der Waals surface area contributed by atoms with Gasteiger partial charge in [-0.05, 0) is 12.8 Å². The standard InChI is InChI=1S/C18H24N6O2/c25-18(14-4-2-1-3-5-14)22-15-10-21-24(12-15)17-16(11-19-13-20-17)23-6-8-26-9-7-23/h10-14H,1-9H2,(H,22,25). The summed E-state index contributed by atoms with van der Waals surface area (Å²) in [5, 5.41) is 7.40. The van der Waals surface area contributed by atoms with E-state index in [1.165, 1.54) is 12.7 Å². The highest BCUT2D eigenvalue weighted by molar-refractivity contribution is 5.92. The van der Waals surface area contributed by atoms with Crippen LogP contribution in [-0.4, -0.2) is 52.0 Å². The van der Waals surface area contributed by atoms with E-state index in [0.717, 1.165) is 44.5 Å². The molecule has 1 aliphatic heterocycles. The number of morpholine rings is 1. The van der Waals surface area contributed by atoms with E-state index in [2.05, 4.69) is 25.3 Å². The number of hydrogen-bond acceptors (Lipinski definition) is 6. The Morgan fingerprint density at radius 1 is 1.15 bits per heavy atom. The summed E-state index contributed by atoms with van der Waals surface area (Å²) in [7, 11) is 0. The third-order valence-electron chi connectivity index (χ3n) is 5.07. The van der Waals surface area contributed by atoms with Crippen molar-refractivity contribution < 1.29 is 9.53 Å². The maximum atomic E-state index is 12.4. The van der Waals surface area contributed by atoms with Crippen molar-refractivity contribution in [2.24, 2.45) is 5.92 Å². The smallest absolute Gasteiger partial charge is 0.227 e. The molecule has 0 unspecified atom stereocenters. The molecular weight excluding hydrogens is 332 g/mol. The molecule has 1 saturated carbocycles. The third-order valence-corrected chi connectivity index (χ3v) is 5.07. The number of nitrogens with one attached hydrogen (secondary N) is 1. The SMILES string of the molecule is O=C(Nc1cnn(-c2ncncc2N2CCOCC2)c1)C1CCCCC1. The first-order chi connectivity index (χ1) is 12.8. The van der Waals surface area contributed by atoms with Gasteiger partial charge in [0.25, 0.3) is 0 Å². The van der Waals surface area contributed by atoms with Crippen LogP contribution >= 0.6 is 0 Å². The van der Waals surface area contributed by atoms with Crippen molar-refractivity contribution in [3.8, 4) is 5.82 Å². The highest BCUT2D eigenvalue weighted by Gasteiger charge is 2.22. The minimum absolute atomic E-state index is 0.0975. The third kappa shape index (κ3) is 3.70. The number of rotatable bonds is 4. The van der Waals surface area contributed by atoms with Crippen molar-refractivity contribution in [2.75, 3.05) is 36.5 Å². The molecule has 1 amide bonds. The Kier molecular flexibility index (Phi) is 5.10. The van der Waals surface area contributed by atoms with Crippen molar-refractivity contribution in [2.45, 2.75) is 32.1 Å². The van der Waals surface area contributed by atoms with Gasteiger partial charge in [0, 0.05) is 19.0 Å². The summed E-state index contributed by atoms with van der Waals surface area (Å²) in [4.78, 5) is 23.2. The van der Waals surface area contributed by atoms with Crippen LogP contribution in [0.5, 0.6) is 0 Å². The molecule has 4 rings (SSSR count). The Labute approximate surface area is 152 Å². The van der Waals surface area contributed by atoms with Crippen LogP contribution in [0.2, 0.25) is 0 Å². The molecule has 0 spiro atoms. The van der Waals surface area contributed by atoms with E-state index >= 15 is 0 Å². The minimum atomic E-state index is 0.0975. The summed E-state index contributed by atoms with van der Waals surface area (Å²) in [6.07, 6.45) is 12.3. The lowest BCUT2D eigenvalue weighted by molar-refractivity contribution is -0.120. The summed E-state index contributed by atoms with van der Waals surface area (Å²) in [5.74, 6) is 0.926. The fraction of sp³-hybridized carbons (Fsp3) is 0.556. The van der Waals surface area contributed by atoms with Gasteiger partial charge in [0.1, 0.15) is 12.0 Å². The zero-order valence-electron chi connectivity index (χ0n) is 14.8. The van der Waals surface area contributed by atoms with Gasteiger partial charge in [-0.3, -0.25) is 4.79 Å². The van der Waals surface area contributed by atoms with Gasteiger partial charge >= 0.3 is 0 Å². The van der Waals surface area contributed by atoms with Gasteiger partial charge in [0.2, 0.25) is 5.91 Å². The molecule has 2 fully saturated rings. The van der Waals surface area contributed by atoms with Crippen LogP contribution in [0.1, 0.15) is 32.1 Å². The number of hydrogen-bond donors (Lipinski definition) is 1. The number of ether oxygens (including phenoxy) is 1. The topological polar surface area (TPSA) is 85.2 Å². The minimum Gasteiger partial charge on any atom is -0.378 e. The Balaban J connectivity index is 1.50. The highest BCUT2D eigenvalue weighted by Crippen LogP contribution is 2.26. The molecule has 8 heteroatoms. The van der Waals surface area contributed by atoms with Crippen LogP contribution < -0.4 is 10.2 Å². The average Bonchev–Trinajstić information content (AvgIpc) is 3.17. The Bertz CT molecular complexity index is 750. The van der Waals surface area contributed by atoms with Crippen molar-refractivity contribution in [3.63, 3.8) is 0 Å². The monoisotopic (exact) mass is 356 g/mol. The van der Waals surface area contributed by atoms with Crippen LogP contribution in [0.25, 0.3) is 5.82 Å². The van der Waals surface area contributed by atoms with Crippen molar-refractivity contribution in [1.29, 1.82) is 0 Å². The zero-order valence-corrected chi connectivity index (χ0v) is 14.8. The van der Waals surface area contributed by atoms with Gasteiger partial charge in [-0.25, -0.2) is 14.6 Å². The second kappa shape index (κ2) is 7.82. The predicted octanol–water partition coefficient (Wildman–Crippen LogP) is 2.02. The van der Waals surface area contributed by atoms with E-state index in [0.29, 0.717) is 24.7 Å². The average molecular weight is 356 g/mol. The number of amides is 1. The lowest BCUT2D eigenvalue weighted by atomic mass is 9.89. The quantitative estimate of drug-likeness (QED) is 0.902. The summed E-state index contributed by atoms with van der Waals surface area (Å²) >= 11 is 0. The Morgan fingerprint density at radius 3 is 2.77 bits per heavy atom. The van der Waals surface area contributed by atoms with Gasteiger partial charge in [-0.2, -0.15) is 5.10 Å². The van der Waals surface area contributed by atoms with Crippen LogP contribution in [0.15, 0.2) is 24.9 Å². The van der Waals surface area contributed by atoms with E-state index < -0.39 is 0 Å². The fourth-order valence-electron chi connectivity index (χ4n) is 3.63. The van der Waals surface area contributed by atoms with Crippen LogP contribution in [0, 0.1) is 5.92 Å². The van der Waals surface area contributed by atoms with Crippen LogP contribution in [0.4, 0.5) is 11.4 Å². The molecular formula is C18H24N6O2. The molecule has 2 aromatic heterocycles. The van der Waals surface area contributed by atoms with Crippen molar-refractivity contribution in [3.05, 3.63) is 24.9 Å². The molecule has 138 valence electrons. The summed E-state index contributed by atoms with van der Waals surface area (Å²) in [6.45, 7) is 2.98. The zero-order chi connectivity index (χ0) is 17.8. The fourth-order valence-corrected chi connectivity index (χ4v) is 3.63. The molecule has 0 radical (unpaired) electrons. The molecule has 0 aromatic carbocycles. The number of aromatic nitrogens is 4. The maximum Gasteiger partial charge on any atom is 0.227 e. The normalized spacial score (nSPS) is 18.7. The molecule has 1 saturated heterocycles. The van der Waals surface area contributed by atoms with Crippen LogP contribution in [0.3, 0.4) is 0 Å². The van der Waals surface area contributed by atoms with Gasteiger partial charge in [-0.15, -0.1) is 0 Å². The second-order valence-electron chi connectivity index (χ2n) is 6.83. The van der Waals surface area contributed by atoms with Gasteiger partial charge in [0.15, 0.2) is 5.82 Å². The van der Waals surface area contributed by atoms with E-state index in [1.54, 1.807) is 17.1 Å². The first-order valence-corrected chi connectivity index (χ1v) is 9.30. The largest absolute Gasteiger partial charge is 0.378 e. The van der Waals surface area contributed by atoms with E-state index in [4.69, 9.17) is 4.74 Å². The molecule has 8 nitrogen and oxygen atoms in total.